The highest BCUT2D eigenvalue weighted by Gasteiger charge is 2.39. The van der Waals surface area contributed by atoms with E-state index in [1.807, 2.05) is 13.8 Å². The number of rotatable bonds is 2. The zero-order chi connectivity index (χ0) is 14.3. The average molecular weight is 351 g/mol. The molecule has 0 aromatic heterocycles. The molecular formula is C12H16BrFN2O2S. The molecule has 106 valence electrons. The largest absolute Gasteiger partial charge is 0.314 e. The van der Waals surface area contributed by atoms with Crippen molar-refractivity contribution in [1.29, 1.82) is 0 Å². The van der Waals surface area contributed by atoms with Gasteiger partial charge in [0, 0.05) is 29.6 Å². The Hall–Kier alpha value is -0.500. The Bertz CT molecular complexity index is 589. The van der Waals surface area contributed by atoms with Crippen molar-refractivity contribution in [2.24, 2.45) is 0 Å². The third-order valence-corrected chi connectivity index (χ3v) is 6.27. The molecule has 0 aliphatic carbocycles. The molecule has 0 saturated carbocycles. The van der Waals surface area contributed by atoms with Gasteiger partial charge in [-0.25, -0.2) is 12.8 Å². The molecule has 0 radical (unpaired) electrons. The van der Waals surface area contributed by atoms with Crippen LogP contribution in [0.5, 0.6) is 0 Å². The van der Waals surface area contributed by atoms with Crippen LogP contribution in [0.1, 0.15) is 13.8 Å². The van der Waals surface area contributed by atoms with Crippen LogP contribution in [0, 0.1) is 5.82 Å². The summed E-state index contributed by atoms with van der Waals surface area (Å²) in [6.45, 7) is 5.34. The highest BCUT2D eigenvalue weighted by Crippen LogP contribution is 2.30. The summed E-state index contributed by atoms with van der Waals surface area (Å²) in [6.07, 6.45) is 0. The zero-order valence-corrected chi connectivity index (χ0v) is 13.2. The first-order valence-corrected chi connectivity index (χ1v) is 8.17. The Balaban J connectivity index is 2.47. The standard InChI is InChI=1S/C12H16BrFN2O2S/c1-12(2)8-15-5-6-16(12)19(17,18)11-4-3-9(14)7-10(11)13/h3-4,7,15H,5-6,8H2,1-2H3. The van der Waals surface area contributed by atoms with Gasteiger partial charge in [0.15, 0.2) is 0 Å². The highest BCUT2D eigenvalue weighted by molar-refractivity contribution is 9.10. The van der Waals surface area contributed by atoms with Gasteiger partial charge in [0.1, 0.15) is 5.82 Å². The molecule has 1 aliphatic heterocycles. The Morgan fingerprint density at radius 2 is 2.11 bits per heavy atom. The second-order valence-corrected chi connectivity index (χ2v) is 7.83. The van der Waals surface area contributed by atoms with Gasteiger partial charge < -0.3 is 5.32 Å². The molecule has 0 atom stereocenters. The van der Waals surface area contributed by atoms with Gasteiger partial charge in [-0.05, 0) is 48.0 Å². The van der Waals surface area contributed by atoms with Crippen molar-refractivity contribution < 1.29 is 12.8 Å². The summed E-state index contributed by atoms with van der Waals surface area (Å²) in [5, 5.41) is 3.17. The van der Waals surface area contributed by atoms with Gasteiger partial charge in [0.25, 0.3) is 0 Å². The summed E-state index contributed by atoms with van der Waals surface area (Å²) in [5.74, 6) is -0.467. The van der Waals surface area contributed by atoms with Crippen molar-refractivity contribution in [3.05, 3.63) is 28.5 Å². The zero-order valence-electron chi connectivity index (χ0n) is 10.8. The van der Waals surface area contributed by atoms with Crippen LogP contribution in [0.3, 0.4) is 0 Å². The van der Waals surface area contributed by atoms with Crippen LogP contribution in [-0.2, 0) is 10.0 Å². The van der Waals surface area contributed by atoms with Crippen LogP contribution in [0.25, 0.3) is 0 Å². The van der Waals surface area contributed by atoms with Crippen LogP contribution in [-0.4, -0.2) is 37.9 Å². The van der Waals surface area contributed by atoms with Crippen molar-refractivity contribution in [3.63, 3.8) is 0 Å². The molecule has 1 aromatic rings. The SMILES string of the molecule is CC1(C)CNCCN1S(=O)(=O)c1ccc(F)cc1Br. The minimum atomic E-state index is -3.64. The molecule has 0 spiro atoms. The predicted molar refractivity (Wildman–Crippen MR) is 74.9 cm³/mol. The molecule has 1 heterocycles. The molecule has 1 saturated heterocycles. The van der Waals surface area contributed by atoms with Gasteiger partial charge in [-0.15, -0.1) is 0 Å². The molecule has 0 bridgehead atoms. The third kappa shape index (κ3) is 2.84. The topological polar surface area (TPSA) is 49.4 Å². The van der Waals surface area contributed by atoms with Crippen molar-refractivity contribution in [2.75, 3.05) is 19.6 Å². The van der Waals surface area contributed by atoms with Crippen LogP contribution >= 0.6 is 15.9 Å². The Morgan fingerprint density at radius 1 is 1.42 bits per heavy atom. The number of benzene rings is 1. The van der Waals surface area contributed by atoms with E-state index in [2.05, 4.69) is 21.2 Å². The van der Waals surface area contributed by atoms with Crippen LogP contribution in [0.2, 0.25) is 0 Å². The molecule has 19 heavy (non-hydrogen) atoms. The molecule has 0 amide bonds. The lowest BCUT2D eigenvalue weighted by atomic mass is 10.0. The summed E-state index contributed by atoms with van der Waals surface area (Å²) in [5.41, 5.74) is -0.509. The molecule has 1 fully saturated rings. The highest BCUT2D eigenvalue weighted by atomic mass is 79.9. The van der Waals surface area contributed by atoms with E-state index in [4.69, 9.17) is 0 Å². The maximum Gasteiger partial charge on any atom is 0.244 e. The Kier molecular flexibility index (Phi) is 4.02. The summed E-state index contributed by atoms with van der Waals surface area (Å²) in [6, 6.07) is 3.63. The fourth-order valence-corrected chi connectivity index (χ4v) is 5.01. The third-order valence-electron chi connectivity index (χ3n) is 3.19. The molecule has 1 N–H and O–H groups in total. The molecule has 4 nitrogen and oxygen atoms in total. The molecule has 7 heteroatoms. The molecule has 2 rings (SSSR count). The number of nitrogens with zero attached hydrogens (tertiary/aromatic N) is 1. The normalized spacial score (nSPS) is 20.4. The summed E-state index contributed by atoms with van der Waals surface area (Å²) >= 11 is 3.13. The first kappa shape index (κ1) is 14.9. The maximum atomic E-state index is 13.1. The van der Waals surface area contributed by atoms with Crippen molar-refractivity contribution in [3.8, 4) is 0 Å². The van der Waals surface area contributed by atoms with Crippen LogP contribution in [0.4, 0.5) is 4.39 Å². The van der Waals surface area contributed by atoms with Crippen molar-refractivity contribution in [2.45, 2.75) is 24.3 Å². The van der Waals surface area contributed by atoms with Crippen molar-refractivity contribution in [1.82, 2.24) is 9.62 Å². The average Bonchev–Trinajstić information content (AvgIpc) is 2.27. The fraction of sp³-hybridized carbons (Fsp3) is 0.500. The maximum absolute atomic E-state index is 13.1. The van der Waals surface area contributed by atoms with Gasteiger partial charge in [-0.1, -0.05) is 0 Å². The molecule has 1 aliphatic rings. The number of hydrogen-bond donors (Lipinski definition) is 1. The number of piperazine rings is 1. The van der Waals surface area contributed by atoms with Gasteiger partial charge in [0.2, 0.25) is 10.0 Å². The lowest BCUT2D eigenvalue weighted by Crippen LogP contribution is -2.59. The predicted octanol–water partition coefficient (Wildman–Crippen LogP) is 1.96. The van der Waals surface area contributed by atoms with E-state index >= 15 is 0 Å². The number of nitrogens with one attached hydrogen (secondary N) is 1. The molecule has 0 unspecified atom stereocenters. The van der Waals surface area contributed by atoms with E-state index in [0.29, 0.717) is 19.6 Å². The van der Waals surface area contributed by atoms with Gasteiger partial charge >= 0.3 is 0 Å². The fourth-order valence-electron chi connectivity index (χ4n) is 2.21. The second-order valence-electron chi connectivity index (χ2n) is 5.14. The van der Waals surface area contributed by atoms with Gasteiger partial charge in [0.05, 0.1) is 4.90 Å². The smallest absolute Gasteiger partial charge is 0.244 e. The van der Waals surface area contributed by atoms with Crippen LogP contribution < -0.4 is 5.32 Å². The first-order valence-electron chi connectivity index (χ1n) is 5.94. The number of hydrogen-bond acceptors (Lipinski definition) is 3. The minimum Gasteiger partial charge on any atom is -0.314 e. The first-order chi connectivity index (χ1) is 8.75. The summed E-state index contributed by atoms with van der Waals surface area (Å²) in [4.78, 5) is 0.101. The quantitative estimate of drug-likeness (QED) is 0.886. The van der Waals surface area contributed by atoms with E-state index in [1.165, 1.54) is 16.4 Å². The van der Waals surface area contributed by atoms with Gasteiger partial charge in [-0.3, -0.25) is 0 Å². The van der Waals surface area contributed by atoms with Crippen molar-refractivity contribution >= 4 is 26.0 Å². The van der Waals surface area contributed by atoms with Crippen LogP contribution in [0.15, 0.2) is 27.6 Å². The van der Waals surface area contributed by atoms with Gasteiger partial charge in [-0.2, -0.15) is 4.31 Å². The second kappa shape index (κ2) is 5.12. The number of halogens is 2. The summed E-state index contributed by atoms with van der Waals surface area (Å²) in [7, 11) is -3.64. The molecular weight excluding hydrogens is 335 g/mol. The van der Waals surface area contributed by atoms with E-state index in [9.17, 15) is 12.8 Å². The Labute approximate surface area is 121 Å². The van der Waals surface area contributed by atoms with E-state index in [0.717, 1.165) is 6.07 Å². The molecule has 1 aromatic carbocycles. The summed E-state index contributed by atoms with van der Waals surface area (Å²) < 4.78 is 40.2. The Morgan fingerprint density at radius 3 is 2.68 bits per heavy atom. The minimum absolute atomic E-state index is 0.101. The lowest BCUT2D eigenvalue weighted by Gasteiger charge is -2.41. The van der Waals surface area contributed by atoms with E-state index < -0.39 is 21.4 Å². The van der Waals surface area contributed by atoms with E-state index in [-0.39, 0.29) is 9.37 Å². The van der Waals surface area contributed by atoms with E-state index in [1.54, 1.807) is 0 Å². The number of sulfonamides is 1. The monoisotopic (exact) mass is 350 g/mol. The lowest BCUT2D eigenvalue weighted by molar-refractivity contribution is 0.186.